The highest BCUT2D eigenvalue weighted by molar-refractivity contribution is 5.07. The third-order valence-electron chi connectivity index (χ3n) is 5.24. The number of rotatable bonds is 1. The number of hydrogen-bond donors (Lipinski definition) is 2. The highest BCUT2D eigenvalue weighted by atomic mass is 16.3. The predicted octanol–water partition coefficient (Wildman–Crippen LogP) is 1.52. The first-order valence-corrected chi connectivity index (χ1v) is 6.04. The first-order chi connectivity index (χ1) is 6.61. The zero-order valence-corrected chi connectivity index (χ0v) is 8.95. The second-order valence-corrected chi connectivity index (χ2v) is 6.11. The van der Waals surface area contributed by atoms with Gasteiger partial charge >= 0.3 is 0 Å². The summed E-state index contributed by atoms with van der Waals surface area (Å²) in [6.45, 7) is 2.17. The van der Waals surface area contributed by atoms with Crippen molar-refractivity contribution in [2.45, 2.75) is 51.2 Å². The monoisotopic (exact) mass is 195 g/mol. The summed E-state index contributed by atoms with van der Waals surface area (Å²) in [4.78, 5) is 0. The Labute approximate surface area is 85.9 Å². The number of aliphatic hydroxyl groups is 1. The van der Waals surface area contributed by atoms with Gasteiger partial charge in [-0.15, -0.1) is 0 Å². The quantitative estimate of drug-likeness (QED) is 0.666. The Morgan fingerprint density at radius 1 is 1.21 bits per heavy atom. The van der Waals surface area contributed by atoms with Crippen molar-refractivity contribution in [3.8, 4) is 0 Å². The molecular formula is C12H21NO. The van der Waals surface area contributed by atoms with Gasteiger partial charge in [0.2, 0.25) is 0 Å². The smallest absolute Gasteiger partial charge is 0.0597 e. The van der Waals surface area contributed by atoms with E-state index < -0.39 is 0 Å². The van der Waals surface area contributed by atoms with Crippen molar-refractivity contribution < 1.29 is 5.11 Å². The maximum atomic E-state index is 10.1. The molecule has 4 aliphatic carbocycles. The minimum atomic E-state index is -0.00146. The van der Waals surface area contributed by atoms with Crippen LogP contribution in [0.2, 0.25) is 0 Å². The van der Waals surface area contributed by atoms with Gasteiger partial charge in [-0.1, -0.05) is 0 Å². The van der Waals surface area contributed by atoms with E-state index in [1.54, 1.807) is 0 Å². The lowest BCUT2D eigenvalue weighted by Gasteiger charge is -2.60. The first kappa shape index (κ1) is 9.17. The van der Waals surface area contributed by atoms with Gasteiger partial charge in [-0.2, -0.15) is 0 Å². The SMILES string of the molecule is C[C@@H](N)C12CC3C[C@H](C1)C(O)[C@@H](C3)C2. The predicted molar refractivity (Wildman–Crippen MR) is 55.6 cm³/mol. The molecule has 3 unspecified atom stereocenters. The van der Waals surface area contributed by atoms with Crippen molar-refractivity contribution in [3.63, 3.8) is 0 Å². The van der Waals surface area contributed by atoms with Crippen molar-refractivity contribution in [1.82, 2.24) is 0 Å². The molecule has 0 aliphatic heterocycles. The fourth-order valence-corrected chi connectivity index (χ4v) is 4.62. The Morgan fingerprint density at radius 2 is 1.79 bits per heavy atom. The third-order valence-corrected chi connectivity index (χ3v) is 5.24. The van der Waals surface area contributed by atoms with Crippen LogP contribution in [-0.4, -0.2) is 17.3 Å². The second-order valence-electron chi connectivity index (χ2n) is 6.11. The zero-order valence-electron chi connectivity index (χ0n) is 8.95. The van der Waals surface area contributed by atoms with E-state index in [0.717, 1.165) is 5.92 Å². The lowest BCUT2D eigenvalue weighted by atomic mass is 9.47. The average molecular weight is 195 g/mol. The molecule has 3 N–H and O–H groups in total. The van der Waals surface area contributed by atoms with E-state index in [9.17, 15) is 5.11 Å². The van der Waals surface area contributed by atoms with E-state index in [1.165, 1.54) is 32.1 Å². The Balaban J connectivity index is 1.92. The molecular weight excluding hydrogens is 174 g/mol. The van der Waals surface area contributed by atoms with Crippen LogP contribution < -0.4 is 5.73 Å². The third kappa shape index (κ3) is 1.04. The Morgan fingerprint density at radius 3 is 2.29 bits per heavy atom. The fraction of sp³-hybridized carbons (Fsp3) is 1.00. The molecule has 0 saturated heterocycles. The Bertz CT molecular complexity index is 235. The van der Waals surface area contributed by atoms with E-state index in [-0.39, 0.29) is 6.10 Å². The van der Waals surface area contributed by atoms with Gasteiger partial charge in [0.05, 0.1) is 6.10 Å². The summed E-state index contributed by atoms with van der Waals surface area (Å²) in [7, 11) is 0. The molecule has 4 rings (SSSR count). The van der Waals surface area contributed by atoms with Crippen LogP contribution in [0.4, 0.5) is 0 Å². The Kier molecular flexibility index (Phi) is 1.79. The second kappa shape index (κ2) is 2.73. The molecule has 0 amide bonds. The summed E-state index contributed by atoms with van der Waals surface area (Å²) in [5, 5.41) is 10.1. The molecule has 14 heavy (non-hydrogen) atoms. The fourth-order valence-electron chi connectivity index (χ4n) is 4.62. The highest BCUT2D eigenvalue weighted by Crippen LogP contribution is 2.60. The van der Waals surface area contributed by atoms with Gasteiger partial charge in [0.1, 0.15) is 0 Å². The van der Waals surface area contributed by atoms with Crippen molar-refractivity contribution >= 4 is 0 Å². The van der Waals surface area contributed by atoms with Crippen LogP contribution >= 0.6 is 0 Å². The summed E-state index contributed by atoms with van der Waals surface area (Å²) in [5.74, 6) is 2.03. The molecule has 4 bridgehead atoms. The maximum Gasteiger partial charge on any atom is 0.0597 e. The first-order valence-electron chi connectivity index (χ1n) is 6.04. The van der Waals surface area contributed by atoms with Crippen LogP contribution in [0.3, 0.4) is 0 Å². The van der Waals surface area contributed by atoms with E-state index in [4.69, 9.17) is 5.73 Å². The molecule has 2 nitrogen and oxygen atoms in total. The van der Waals surface area contributed by atoms with Gasteiger partial charge in [0, 0.05) is 6.04 Å². The molecule has 4 aliphatic rings. The van der Waals surface area contributed by atoms with Crippen LogP contribution in [0, 0.1) is 23.2 Å². The van der Waals surface area contributed by atoms with E-state index >= 15 is 0 Å². The molecule has 0 spiro atoms. The van der Waals surface area contributed by atoms with Crippen LogP contribution in [-0.2, 0) is 0 Å². The minimum absolute atomic E-state index is 0.00146. The van der Waals surface area contributed by atoms with Gasteiger partial charge in [-0.3, -0.25) is 0 Å². The molecule has 4 saturated carbocycles. The average Bonchev–Trinajstić information content (AvgIpc) is 2.12. The van der Waals surface area contributed by atoms with Crippen LogP contribution in [0.15, 0.2) is 0 Å². The van der Waals surface area contributed by atoms with Crippen molar-refractivity contribution in [3.05, 3.63) is 0 Å². The molecule has 0 heterocycles. The van der Waals surface area contributed by atoms with E-state index in [2.05, 4.69) is 6.92 Å². The van der Waals surface area contributed by atoms with Gasteiger partial charge in [0.15, 0.2) is 0 Å². The number of aliphatic hydroxyl groups excluding tert-OH is 1. The molecule has 0 aromatic heterocycles. The molecule has 0 aromatic rings. The zero-order chi connectivity index (χ0) is 9.92. The lowest BCUT2D eigenvalue weighted by Crippen LogP contribution is -2.58. The van der Waals surface area contributed by atoms with E-state index in [1.807, 2.05) is 0 Å². The summed E-state index contributed by atoms with van der Waals surface area (Å²) >= 11 is 0. The summed E-state index contributed by atoms with van der Waals surface area (Å²) in [6, 6.07) is 0.322. The maximum absolute atomic E-state index is 10.1. The van der Waals surface area contributed by atoms with Crippen molar-refractivity contribution in [2.24, 2.45) is 28.9 Å². The van der Waals surface area contributed by atoms with Gasteiger partial charge in [-0.25, -0.2) is 0 Å². The Hall–Kier alpha value is -0.0800. The molecule has 0 radical (unpaired) electrons. The molecule has 4 fully saturated rings. The lowest BCUT2D eigenvalue weighted by molar-refractivity contribution is -0.140. The van der Waals surface area contributed by atoms with Gasteiger partial charge < -0.3 is 10.8 Å². The number of hydrogen-bond acceptors (Lipinski definition) is 2. The minimum Gasteiger partial charge on any atom is -0.393 e. The molecule has 2 heteroatoms. The largest absolute Gasteiger partial charge is 0.393 e. The summed E-state index contributed by atoms with van der Waals surface area (Å²) in [6.07, 6.45) is 6.26. The van der Waals surface area contributed by atoms with Gasteiger partial charge in [0.25, 0.3) is 0 Å². The molecule has 6 atom stereocenters. The van der Waals surface area contributed by atoms with Crippen LogP contribution in [0.5, 0.6) is 0 Å². The standard InChI is InChI=1S/C12H21NO/c1-7(13)12-4-8-2-9(5-12)11(14)10(3-8)6-12/h7-11,14H,2-6,13H2,1H3/t7-,8?,9-,10+,11?,12?/m1/s1. The molecule has 0 aromatic carbocycles. The topological polar surface area (TPSA) is 46.2 Å². The van der Waals surface area contributed by atoms with Crippen LogP contribution in [0.1, 0.15) is 39.0 Å². The number of nitrogens with two attached hydrogens (primary N) is 1. The van der Waals surface area contributed by atoms with Crippen molar-refractivity contribution in [2.75, 3.05) is 0 Å². The molecule has 80 valence electrons. The van der Waals surface area contributed by atoms with Crippen molar-refractivity contribution in [1.29, 1.82) is 0 Å². The van der Waals surface area contributed by atoms with Gasteiger partial charge in [-0.05, 0) is 62.2 Å². The highest BCUT2D eigenvalue weighted by Gasteiger charge is 2.56. The summed E-state index contributed by atoms with van der Waals surface area (Å²) in [5.41, 5.74) is 6.55. The van der Waals surface area contributed by atoms with E-state index in [0.29, 0.717) is 23.3 Å². The van der Waals surface area contributed by atoms with Crippen LogP contribution in [0.25, 0.3) is 0 Å². The normalized spacial score (nSPS) is 57.6. The summed E-state index contributed by atoms with van der Waals surface area (Å²) < 4.78 is 0.